The molecule has 10 heteroatoms. The van der Waals surface area contributed by atoms with Crippen LogP contribution >= 0.6 is 0 Å². The van der Waals surface area contributed by atoms with E-state index in [0.29, 0.717) is 11.1 Å². The topological polar surface area (TPSA) is 164 Å². The minimum absolute atomic E-state index is 0.0716. The highest BCUT2D eigenvalue weighted by Gasteiger charge is 2.48. The Morgan fingerprint density at radius 2 is 1.64 bits per heavy atom. The molecule has 4 N–H and O–H groups in total. The number of aliphatic hydroxyl groups is 3. The maximum Gasteiger partial charge on any atom is 0.344 e. The molecule has 0 spiro atoms. The summed E-state index contributed by atoms with van der Waals surface area (Å²) in [4.78, 5) is 37.1. The lowest BCUT2D eigenvalue weighted by molar-refractivity contribution is -0.278. The summed E-state index contributed by atoms with van der Waals surface area (Å²) < 4.78 is 16.0. The van der Waals surface area contributed by atoms with Crippen molar-refractivity contribution >= 4 is 22.9 Å². The Balaban J connectivity index is 1.74. The second-order valence-corrected chi connectivity index (χ2v) is 7.57. The van der Waals surface area contributed by atoms with Gasteiger partial charge in [0.1, 0.15) is 29.6 Å². The van der Waals surface area contributed by atoms with Crippen LogP contribution in [0.4, 0.5) is 0 Å². The van der Waals surface area contributed by atoms with E-state index < -0.39 is 42.6 Å². The number of hydrogen-bond acceptors (Lipinski definition) is 9. The van der Waals surface area contributed by atoms with Gasteiger partial charge in [0.15, 0.2) is 17.1 Å². The number of para-hydroxylation sites is 1. The van der Waals surface area contributed by atoms with Crippen molar-refractivity contribution in [2.75, 3.05) is 0 Å². The Morgan fingerprint density at radius 3 is 2.30 bits per heavy atom. The molecule has 1 aliphatic heterocycles. The summed E-state index contributed by atoms with van der Waals surface area (Å²) in [6, 6.07) is 13.0. The maximum absolute atomic E-state index is 12.9. The average Bonchev–Trinajstić information content (AvgIpc) is 2.81. The summed E-state index contributed by atoms with van der Waals surface area (Å²) >= 11 is 0. The fourth-order valence-corrected chi connectivity index (χ4v) is 3.65. The first-order chi connectivity index (χ1) is 15.7. The number of benzene rings is 2. The lowest BCUT2D eigenvalue weighted by atomic mass is 9.99. The van der Waals surface area contributed by atoms with Gasteiger partial charge in [0, 0.05) is 11.1 Å². The highest BCUT2D eigenvalue weighted by atomic mass is 16.7. The van der Waals surface area contributed by atoms with Crippen molar-refractivity contribution in [1.82, 2.24) is 0 Å². The quantitative estimate of drug-likeness (QED) is 0.413. The zero-order chi connectivity index (χ0) is 23.9. The summed E-state index contributed by atoms with van der Waals surface area (Å²) in [5.74, 6) is -2.45. The monoisotopic (exact) mass is 456 g/mol. The maximum atomic E-state index is 12.9. The SMILES string of the molecule is Cc1c(-c2ccccc2)oc2c(C(=O)O[C@@H]3O[C@H](C(=O)O)[C@@H](O)[C@@H](O)[C@@H]3O)cccc2c1=O. The van der Waals surface area contributed by atoms with Gasteiger partial charge >= 0.3 is 11.9 Å². The van der Waals surface area contributed by atoms with Crippen LogP contribution in [0.5, 0.6) is 0 Å². The second kappa shape index (κ2) is 8.75. The second-order valence-electron chi connectivity index (χ2n) is 7.57. The predicted molar refractivity (Wildman–Crippen MR) is 112 cm³/mol. The van der Waals surface area contributed by atoms with Crippen molar-refractivity contribution in [3.05, 3.63) is 69.9 Å². The van der Waals surface area contributed by atoms with Gasteiger partial charge in [-0.05, 0) is 19.1 Å². The van der Waals surface area contributed by atoms with Gasteiger partial charge in [-0.25, -0.2) is 9.59 Å². The van der Waals surface area contributed by atoms with Crippen molar-refractivity contribution in [3.8, 4) is 11.3 Å². The molecule has 4 rings (SSSR count). The summed E-state index contributed by atoms with van der Waals surface area (Å²) in [7, 11) is 0. The fourth-order valence-electron chi connectivity index (χ4n) is 3.65. The Labute approximate surface area is 186 Å². The highest BCUT2D eigenvalue weighted by Crippen LogP contribution is 2.29. The normalized spacial score (nSPS) is 25.0. The summed E-state index contributed by atoms with van der Waals surface area (Å²) in [6.07, 6.45) is -9.60. The van der Waals surface area contributed by atoms with Crippen LogP contribution in [0.2, 0.25) is 0 Å². The molecule has 3 aromatic rings. The number of rotatable bonds is 4. The molecule has 33 heavy (non-hydrogen) atoms. The lowest BCUT2D eigenvalue weighted by Crippen LogP contribution is -2.60. The van der Waals surface area contributed by atoms with Gasteiger partial charge in [-0.15, -0.1) is 0 Å². The molecule has 172 valence electrons. The Hall–Kier alpha value is -3.57. The number of hydrogen-bond donors (Lipinski definition) is 4. The zero-order valence-corrected chi connectivity index (χ0v) is 17.2. The minimum Gasteiger partial charge on any atom is -0.479 e. The van der Waals surface area contributed by atoms with Gasteiger partial charge in [0.2, 0.25) is 6.29 Å². The molecule has 0 saturated carbocycles. The van der Waals surface area contributed by atoms with E-state index in [1.54, 1.807) is 37.3 Å². The van der Waals surface area contributed by atoms with Crippen LogP contribution in [0.15, 0.2) is 57.7 Å². The Bertz CT molecular complexity index is 1270. The van der Waals surface area contributed by atoms with Crippen LogP contribution in [0, 0.1) is 6.92 Å². The van der Waals surface area contributed by atoms with Crippen molar-refractivity contribution in [3.63, 3.8) is 0 Å². The predicted octanol–water partition coefficient (Wildman–Crippen LogP) is 0.817. The standard InChI is InChI=1S/C23H20O10/c1-10-14(24)12-8-5-9-13(19(12)31-18(10)11-6-3-2-4-7-11)22(30)33-23-17(27)15(25)16(26)20(32-23)21(28)29/h2-9,15-17,20,23,25-27H,1H3,(H,28,29)/t15-,16+,17+,20+,23+/m1/s1. The number of esters is 1. The molecule has 1 aliphatic rings. The number of ether oxygens (including phenoxy) is 2. The first-order valence-electron chi connectivity index (χ1n) is 9.96. The van der Waals surface area contributed by atoms with E-state index in [-0.39, 0.29) is 27.7 Å². The molecule has 5 atom stereocenters. The van der Waals surface area contributed by atoms with Crippen LogP contribution in [-0.2, 0) is 14.3 Å². The molecular formula is C23H20O10. The molecule has 0 amide bonds. The lowest BCUT2D eigenvalue weighted by Gasteiger charge is -2.37. The van der Waals surface area contributed by atoms with Crippen molar-refractivity contribution in [2.45, 2.75) is 37.6 Å². The Kier molecular flexibility index (Phi) is 6.00. The number of carbonyl (C=O) groups excluding carboxylic acids is 1. The van der Waals surface area contributed by atoms with Gasteiger partial charge < -0.3 is 34.3 Å². The number of carbonyl (C=O) groups is 2. The number of fused-ring (bicyclic) bond motifs is 1. The molecule has 2 aromatic carbocycles. The van der Waals surface area contributed by atoms with Crippen molar-refractivity contribution in [2.24, 2.45) is 0 Å². The van der Waals surface area contributed by atoms with E-state index in [1.807, 2.05) is 0 Å². The van der Waals surface area contributed by atoms with E-state index >= 15 is 0 Å². The smallest absolute Gasteiger partial charge is 0.344 e. The first-order valence-corrected chi connectivity index (χ1v) is 9.96. The number of carboxylic acid groups (broad SMARTS) is 1. The third-order valence-electron chi connectivity index (χ3n) is 5.44. The average molecular weight is 456 g/mol. The fraction of sp³-hybridized carbons (Fsp3) is 0.261. The van der Waals surface area contributed by atoms with Gasteiger partial charge in [-0.2, -0.15) is 0 Å². The Morgan fingerprint density at radius 1 is 0.939 bits per heavy atom. The molecular weight excluding hydrogens is 436 g/mol. The van der Waals surface area contributed by atoms with Gasteiger partial charge in [-0.1, -0.05) is 36.4 Å². The number of aliphatic hydroxyl groups excluding tert-OH is 3. The van der Waals surface area contributed by atoms with Gasteiger partial charge in [-0.3, -0.25) is 4.79 Å². The zero-order valence-electron chi connectivity index (χ0n) is 17.2. The van der Waals surface area contributed by atoms with E-state index in [1.165, 1.54) is 18.2 Å². The third kappa shape index (κ3) is 4.00. The third-order valence-corrected chi connectivity index (χ3v) is 5.44. The molecule has 0 unspecified atom stereocenters. The molecule has 10 nitrogen and oxygen atoms in total. The van der Waals surface area contributed by atoms with Gasteiger partial charge in [0.25, 0.3) is 0 Å². The molecule has 0 aliphatic carbocycles. The largest absolute Gasteiger partial charge is 0.479 e. The van der Waals surface area contributed by atoms with E-state index in [9.17, 15) is 29.7 Å². The van der Waals surface area contributed by atoms with Crippen LogP contribution in [0.25, 0.3) is 22.3 Å². The van der Waals surface area contributed by atoms with E-state index in [2.05, 4.69) is 0 Å². The molecule has 2 heterocycles. The van der Waals surface area contributed by atoms with E-state index in [0.717, 1.165) is 0 Å². The van der Waals surface area contributed by atoms with Crippen LogP contribution in [0.1, 0.15) is 15.9 Å². The van der Waals surface area contributed by atoms with Gasteiger partial charge in [0.05, 0.1) is 5.39 Å². The first kappa shape index (κ1) is 22.6. The van der Waals surface area contributed by atoms with Crippen molar-refractivity contribution < 1.29 is 43.9 Å². The van der Waals surface area contributed by atoms with E-state index in [4.69, 9.17) is 19.0 Å². The molecule has 1 aromatic heterocycles. The highest BCUT2D eigenvalue weighted by molar-refractivity contribution is 6.02. The number of carboxylic acids is 1. The summed E-state index contributed by atoms with van der Waals surface area (Å²) in [5, 5.41) is 39.1. The molecule has 1 fully saturated rings. The van der Waals surface area contributed by atoms with Crippen LogP contribution in [0.3, 0.4) is 0 Å². The molecule has 0 bridgehead atoms. The van der Waals surface area contributed by atoms with Crippen LogP contribution < -0.4 is 5.43 Å². The molecule has 0 radical (unpaired) electrons. The van der Waals surface area contributed by atoms with Crippen molar-refractivity contribution in [1.29, 1.82) is 0 Å². The summed E-state index contributed by atoms with van der Waals surface area (Å²) in [5.41, 5.74) is 0.349. The molecule has 1 saturated heterocycles. The minimum atomic E-state index is -1.93. The summed E-state index contributed by atoms with van der Waals surface area (Å²) in [6.45, 7) is 1.60. The number of aliphatic carboxylic acids is 1. The van der Waals surface area contributed by atoms with Crippen LogP contribution in [-0.4, -0.2) is 63.1 Å².